The third-order valence-electron chi connectivity index (χ3n) is 5.26. The van der Waals surface area contributed by atoms with Gasteiger partial charge in [0.15, 0.2) is 0 Å². The smallest absolute Gasteiger partial charge is 0.00729 e. The first-order valence-corrected chi connectivity index (χ1v) is 8.59. The quantitative estimate of drug-likeness (QED) is 0.605. The van der Waals surface area contributed by atoms with E-state index in [1.54, 1.807) is 0 Å². The van der Waals surface area contributed by atoms with E-state index in [0.717, 1.165) is 23.9 Å². The topological polar surface area (TPSA) is 12.0 Å². The highest BCUT2D eigenvalue weighted by Crippen LogP contribution is 2.38. The molecular formula is C17H33N. The lowest BCUT2D eigenvalue weighted by atomic mass is 9.77. The van der Waals surface area contributed by atoms with Gasteiger partial charge in [-0.1, -0.05) is 58.8 Å². The van der Waals surface area contributed by atoms with Crippen LogP contribution < -0.4 is 5.32 Å². The molecule has 0 saturated carbocycles. The molecule has 2 rings (SSSR count). The van der Waals surface area contributed by atoms with Crippen LogP contribution in [0.2, 0.25) is 0 Å². The highest BCUT2D eigenvalue weighted by atomic mass is 15.0. The second kappa shape index (κ2) is 7.53. The molecule has 3 unspecified atom stereocenters. The van der Waals surface area contributed by atoms with Crippen LogP contribution in [0.5, 0.6) is 0 Å². The van der Waals surface area contributed by atoms with Gasteiger partial charge in [0.1, 0.15) is 0 Å². The van der Waals surface area contributed by atoms with E-state index in [9.17, 15) is 0 Å². The molecule has 0 spiro atoms. The fourth-order valence-electron chi connectivity index (χ4n) is 4.31. The molecular weight excluding hydrogens is 218 g/mol. The summed E-state index contributed by atoms with van der Waals surface area (Å²) < 4.78 is 0. The Balaban J connectivity index is 1.77. The summed E-state index contributed by atoms with van der Waals surface area (Å²) in [6.45, 7) is 4.68. The van der Waals surface area contributed by atoms with Crippen LogP contribution in [-0.2, 0) is 0 Å². The first-order valence-electron chi connectivity index (χ1n) is 8.59. The largest absolute Gasteiger partial charge is 0.311 e. The van der Waals surface area contributed by atoms with Gasteiger partial charge in [-0.25, -0.2) is 0 Å². The maximum atomic E-state index is 3.79. The van der Waals surface area contributed by atoms with Crippen LogP contribution in [0.4, 0.5) is 0 Å². The first kappa shape index (κ1) is 14.4. The summed E-state index contributed by atoms with van der Waals surface area (Å²) in [4.78, 5) is 0. The Morgan fingerprint density at radius 1 is 0.889 bits per heavy atom. The van der Waals surface area contributed by atoms with Crippen molar-refractivity contribution in [1.82, 2.24) is 5.32 Å². The van der Waals surface area contributed by atoms with Crippen molar-refractivity contribution in [3.05, 3.63) is 0 Å². The summed E-state index contributed by atoms with van der Waals surface area (Å²) in [5.74, 6) is 2.09. The van der Waals surface area contributed by atoms with Crippen molar-refractivity contribution in [1.29, 1.82) is 0 Å². The number of fused-ring (bicyclic) bond motifs is 2. The van der Waals surface area contributed by atoms with Gasteiger partial charge in [-0.2, -0.15) is 0 Å². The van der Waals surface area contributed by atoms with E-state index in [4.69, 9.17) is 0 Å². The molecule has 0 aromatic heterocycles. The van der Waals surface area contributed by atoms with E-state index in [1.807, 2.05) is 0 Å². The summed E-state index contributed by atoms with van der Waals surface area (Å²) in [5, 5.41) is 3.79. The Hall–Kier alpha value is -0.0400. The molecule has 3 atom stereocenters. The summed E-state index contributed by atoms with van der Waals surface area (Å²) in [6.07, 6.45) is 16.0. The van der Waals surface area contributed by atoms with Gasteiger partial charge in [0.2, 0.25) is 0 Å². The zero-order valence-electron chi connectivity index (χ0n) is 12.6. The summed E-state index contributed by atoms with van der Waals surface area (Å²) in [5.41, 5.74) is 0. The van der Waals surface area contributed by atoms with E-state index in [-0.39, 0.29) is 0 Å². The molecule has 2 aliphatic heterocycles. The van der Waals surface area contributed by atoms with E-state index >= 15 is 0 Å². The molecule has 2 bridgehead atoms. The Labute approximate surface area is 114 Å². The van der Waals surface area contributed by atoms with Crippen LogP contribution in [0.1, 0.15) is 84.5 Å². The van der Waals surface area contributed by atoms with Crippen LogP contribution in [0.15, 0.2) is 0 Å². The van der Waals surface area contributed by atoms with Crippen LogP contribution in [0.25, 0.3) is 0 Å². The predicted molar refractivity (Wildman–Crippen MR) is 79.8 cm³/mol. The molecule has 106 valence electrons. The molecule has 0 aliphatic carbocycles. The molecule has 0 aromatic carbocycles. The minimum atomic E-state index is 0.878. The van der Waals surface area contributed by atoms with Gasteiger partial charge in [0.25, 0.3) is 0 Å². The van der Waals surface area contributed by atoms with Gasteiger partial charge in [-0.05, 0) is 37.5 Å². The average molecular weight is 251 g/mol. The number of rotatable bonds is 8. The zero-order chi connectivity index (χ0) is 12.8. The summed E-state index contributed by atoms with van der Waals surface area (Å²) in [6, 6.07) is 1.76. The fourth-order valence-corrected chi connectivity index (χ4v) is 4.31. The van der Waals surface area contributed by atoms with E-state index in [2.05, 4.69) is 19.2 Å². The standard InChI is InChI=1S/C17H33N/c1-3-5-6-7-9-14(8-4-2)15-12-16-10-11-17(13-15)18-16/h14-18H,3-13H2,1-2H3. The van der Waals surface area contributed by atoms with E-state index in [0.29, 0.717) is 0 Å². The molecule has 18 heavy (non-hydrogen) atoms. The first-order chi connectivity index (χ1) is 8.83. The normalized spacial score (nSPS) is 32.7. The van der Waals surface area contributed by atoms with Crippen LogP contribution in [0.3, 0.4) is 0 Å². The Morgan fingerprint density at radius 3 is 2.22 bits per heavy atom. The van der Waals surface area contributed by atoms with Gasteiger partial charge >= 0.3 is 0 Å². The monoisotopic (exact) mass is 251 g/mol. The lowest BCUT2D eigenvalue weighted by Crippen LogP contribution is -2.40. The van der Waals surface area contributed by atoms with Crippen molar-refractivity contribution >= 4 is 0 Å². The van der Waals surface area contributed by atoms with Crippen LogP contribution in [0, 0.1) is 11.8 Å². The molecule has 1 N–H and O–H groups in total. The molecule has 2 aliphatic rings. The molecule has 2 heterocycles. The summed E-state index contributed by atoms with van der Waals surface area (Å²) in [7, 11) is 0. The Morgan fingerprint density at radius 2 is 1.61 bits per heavy atom. The molecule has 1 nitrogen and oxygen atoms in total. The lowest BCUT2D eigenvalue weighted by molar-refractivity contribution is 0.193. The van der Waals surface area contributed by atoms with Gasteiger partial charge in [-0.3, -0.25) is 0 Å². The average Bonchev–Trinajstić information content (AvgIpc) is 2.72. The zero-order valence-corrected chi connectivity index (χ0v) is 12.6. The maximum absolute atomic E-state index is 3.79. The second-order valence-electron chi connectivity index (χ2n) is 6.77. The number of nitrogens with one attached hydrogen (secondary N) is 1. The Bertz CT molecular complexity index is 214. The maximum Gasteiger partial charge on any atom is 0.00729 e. The minimum absolute atomic E-state index is 0.878. The third kappa shape index (κ3) is 3.98. The highest BCUT2D eigenvalue weighted by molar-refractivity contribution is 4.93. The van der Waals surface area contributed by atoms with Gasteiger partial charge in [-0.15, -0.1) is 0 Å². The SMILES string of the molecule is CCCCCCC(CCC)C1CC2CCC(C1)N2. The molecule has 0 aromatic rings. The molecule has 0 amide bonds. The number of hydrogen-bond donors (Lipinski definition) is 1. The Kier molecular flexibility index (Phi) is 6.01. The van der Waals surface area contributed by atoms with Crippen LogP contribution in [-0.4, -0.2) is 12.1 Å². The lowest BCUT2D eigenvalue weighted by Gasteiger charge is -2.35. The van der Waals surface area contributed by atoms with E-state index < -0.39 is 0 Å². The van der Waals surface area contributed by atoms with Gasteiger partial charge < -0.3 is 5.32 Å². The van der Waals surface area contributed by atoms with Crippen LogP contribution >= 0.6 is 0 Å². The number of piperidine rings is 1. The summed E-state index contributed by atoms with van der Waals surface area (Å²) >= 11 is 0. The number of hydrogen-bond acceptors (Lipinski definition) is 1. The molecule has 0 radical (unpaired) electrons. The van der Waals surface area contributed by atoms with Crippen molar-refractivity contribution in [2.24, 2.45) is 11.8 Å². The number of unbranched alkanes of at least 4 members (excludes halogenated alkanes) is 3. The molecule has 1 heteroatoms. The van der Waals surface area contributed by atoms with Crippen molar-refractivity contribution in [2.45, 2.75) is 96.6 Å². The second-order valence-corrected chi connectivity index (χ2v) is 6.77. The van der Waals surface area contributed by atoms with Crippen molar-refractivity contribution < 1.29 is 0 Å². The fraction of sp³-hybridized carbons (Fsp3) is 1.00. The molecule has 2 saturated heterocycles. The third-order valence-corrected chi connectivity index (χ3v) is 5.26. The van der Waals surface area contributed by atoms with Crippen molar-refractivity contribution in [2.75, 3.05) is 0 Å². The molecule has 2 fully saturated rings. The van der Waals surface area contributed by atoms with E-state index in [1.165, 1.54) is 70.6 Å². The van der Waals surface area contributed by atoms with Crippen molar-refractivity contribution in [3.8, 4) is 0 Å². The highest BCUT2D eigenvalue weighted by Gasteiger charge is 2.36. The van der Waals surface area contributed by atoms with Crippen molar-refractivity contribution in [3.63, 3.8) is 0 Å². The van der Waals surface area contributed by atoms with Gasteiger partial charge in [0, 0.05) is 12.1 Å². The van der Waals surface area contributed by atoms with Gasteiger partial charge in [0.05, 0.1) is 0 Å². The predicted octanol–water partition coefficient (Wildman–Crippen LogP) is 4.90. The minimum Gasteiger partial charge on any atom is -0.311 e.